The summed E-state index contributed by atoms with van der Waals surface area (Å²) in [6, 6.07) is 31.9. The second kappa shape index (κ2) is 11.1. The van der Waals surface area contributed by atoms with Gasteiger partial charge >= 0.3 is 5.97 Å². The van der Waals surface area contributed by atoms with Gasteiger partial charge in [-0.05, 0) is 54.4 Å². The van der Waals surface area contributed by atoms with E-state index in [0.717, 1.165) is 16.0 Å². The number of hydrogen-bond acceptors (Lipinski definition) is 5. The normalized spacial score (nSPS) is 13.1. The molecular weight excluding hydrogens is 492 g/mol. The highest BCUT2D eigenvalue weighted by Gasteiger charge is 2.36. The van der Waals surface area contributed by atoms with Gasteiger partial charge in [0.05, 0.1) is 22.4 Å². The summed E-state index contributed by atoms with van der Waals surface area (Å²) in [5.41, 5.74) is 3.15. The molecule has 0 bridgehead atoms. The van der Waals surface area contributed by atoms with Crippen LogP contribution in [0.25, 0.3) is 0 Å². The third-order valence-corrected chi connectivity index (χ3v) is 6.53. The van der Waals surface area contributed by atoms with Gasteiger partial charge in [0.2, 0.25) is 0 Å². The summed E-state index contributed by atoms with van der Waals surface area (Å²) in [4.78, 5) is 54.5. The smallest absolute Gasteiger partial charge is 0.338 e. The van der Waals surface area contributed by atoms with Crippen molar-refractivity contribution in [1.29, 1.82) is 0 Å². The molecule has 0 aliphatic carbocycles. The van der Waals surface area contributed by atoms with Crippen molar-refractivity contribution in [3.8, 4) is 0 Å². The summed E-state index contributed by atoms with van der Waals surface area (Å²) in [5, 5.41) is 0. The maximum atomic E-state index is 13.4. The molecule has 7 nitrogen and oxygen atoms in total. The largest absolute Gasteiger partial charge is 0.449 e. The Morgan fingerprint density at radius 2 is 1.15 bits per heavy atom. The standard InChI is InChI=1S/C32H26N2O5/c1-22(29(35)33(20-23-10-4-2-5-11-23)21-24-12-6-3-7-13-24)39-32(38)25-16-18-26(19-17-25)34-30(36)27-14-8-9-15-28(27)31(34)37/h2-19,22H,20-21H2,1H3. The van der Waals surface area contributed by atoms with Crippen molar-refractivity contribution in [2.24, 2.45) is 0 Å². The van der Waals surface area contributed by atoms with E-state index in [0.29, 0.717) is 29.9 Å². The zero-order chi connectivity index (χ0) is 27.4. The number of anilines is 1. The molecule has 0 saturated carbocycles. The predicted octanol–water partition coefficient (Wildman–Crippen LogP) is 5.26. The van der Waals surface area contributed by atoms with Crippen molar-refractivity contribution in [2.45, 2.75) is 26.1 Å². The van der Waals surface area contributed by atoms with Crippen LogP contribution in [-0.2, 0) is 22.6 Å². The van der Waals surface area contributed by atoms with Crippen LogP contribution in [0.4, 0.5) is 5.69 Å². The molecule has 0 radical (unpaired) electrons. The number of nitrogens with zero attached hydrogens (tertiary/aromatic N) is 2. The lowest BCUT2D eigenvalue weighted by Crippen LogP contribution is -2.39. The molecule has 0 N–H and O–H groups in total. The van der Waals surface area contributed by atoms with Gasteiger partial charge in [0.15, 0.2) is 6.10 Å². The third kappa shape index (κ3) is 5.48. The van der Waals surface area contributed by atoms with Crippen LogP contribution in [0.1, 0.15) is 49.1 Å². The van der Waals surface area contributed by atoms with E-state index in [2.05, 4.69) is 0 Å². The number of carbonyl (C=O) groups excluding carboxylic acids is 4. The molecule has 1 unspecified atom stereocenters. The Balaban J connectivity index is 1.27. The summed E-state index contributed by atoms with van der Waals surface area (Å²) < 4.78 is 5.54. The molecule has 5 rings (SSSR count). The SMILES string of the molecule is CC(OC(=O)c1ccc(N2C(=O)c3ccccc3C2=O)cc1)C(=O)N(Cc1ccccc1)Cc1ccccc1. The first-order chi connectivity index (χ1) is 18.9. The summed E-state index contributed by atoms with van der Waals surface area (Å²) in [6.07, 6.45) is -1.03. The first kappa shape index (κ1) is 25.6. The summed E-state index contributed by atoms with van der Waals surface area (Å²) in [5.74, 6) is -1.83. The van der Waals surface area contributed by atoms with Crippen molar-refractivity contribution in [3.63, 3.8) is 0 Å². The average Bonchev–Trinajstić information content (AvgIpc) is 3.23. The van der Waals surface area contributed by atoms with Gasteiger partial charge in [0.25, 0.3) is 17.7 Å². The number of esters is 1. The Bertz CT molecular complexity index is 1440. The molecule has 0 aromatic heterocycles. The Hall–Kier alpha value is -5.04. The van der Waals surface area contributed by atoms with Crippen LogP contribution in [-0.4, -0.2) is 34.7 Å². The lowest BCUT2D eigenvalue weighted by molar-refractivity contribution is -0.141. The molecular formula is C32H26N2O5. The van der Waals surface area contributed by atoms with E-state index in [-0.39, 0.29) is 11.5 Å². The first-order valence-corrected chi connectivity index (χ1v) is 12.6. The number of amides is 3. The molecule has 0 fully saturated rings. The van der Waals surface area contributed by atoms with Crippen LogP contribution in [0.15, 0.2) is 109 Å². The maximum absolute atomic E-state index is 13.4. The Kier molecular flexibility index (Phi) is 7.32. The van der Waals surface area contributed by atoms with Gasteiger partial charge in [-0.25, -0.2) is 9.69 Å². The van der Waals surface area contributed by atoms with Crippen LogP contribution >= 0.6 is 0 Å². The van der Waals surface area contributed by atoms with E-state index < -0.39 is 23.9 Å². The number of ether oxygens (including phenoxy) is 1. The van der Waals surface area contributed by atoms with Crippen LogP contribution < -0.4 is 4.90 Å². The van der Waals surface area contributed by atoms with Crippen molar-refractivity contribution >= 4 is 29.4 Å². The van der Waals surface area contributed by atoms with Gasteiger partial charge < -0.3 is 9.64 Å². The molecule has 1 aliphatic heterocycles. The number of fused-ring (bicyclic) bond motifs is 1. The number of imide groups is 1. The van der Waals surface area contributed by atoms with Crippen LogP contribution in [0.2, 0.25) is 0 Å². The van der Waals surface area contributed by atoms with E-state index in [1.54, 1.807) is 36.1 Å². The highest BCUT2D eigenvalue weighted by Crippen LogP contribution is 2.28. The average molecular weight is 519 g/mol. The maximum Gasteiger partial charge on any atom is 0.338 e. The van der Waals surface area contributed by atoms with E-state index in [4.69, 9.17) is 4.74 Å². The second-order valence-corrected chi connectivity index (χ2v) is 9.25. The van der Waals surface area contributed by atoms with Gasteiger partial charge in [-0.15, -0.1) is 0 Å². The van der Waals surface area contributed by atoms with Crippen molar-refractivity contribution < 1.29 is 23.9 Å². The first-order valence-electron chi connectivity index (χ1n) is 12.6. The molecule has 0 saturated heterocycles. The molecule has 0 spiro atoms. The monoisotopic (exact) mass is 518 g/mol. The number of benzene rings is 4. The quantitative estimate of drug-likeness (QED) is 0.235. The summed E-state index contributed by atoms with van der Waals surface area (Å²) in [6.45, 7) is 2.28. The molecule has 194 valence electrons. The molecule has 4 aromatic rings. The Morgan fingerprint density at radius 3 is 1.64 bits per heavy atom. The van der Waals surface area contributed by atoms with Gasteiger partial charge in [-0.3, -0.25) is 14.4 Å². The molecule has 4 aromatic carbocycles. The fourth-order valence-corrected chi connectivity index (χ4v) is 4.53. The summed E-state index contributed by atoms with van der Waals surface area (Å²) in [7, 11) is 0. The topological polar surface area (TPSA) is 84.0 Å². The van der Waals surface area contributed by atoms with Crippen LogP contribution in [0.5, 0.6) is 0 Å². The third-order valence-electron chi connectivity index (χ3n) is 6.53. The lowest BCUT2D eigenvalue weighted by atomic mass is 10.1. The van der Waals surface area contributed by atoms with E-state index >= 15 is 0 Å². The zero-order valence-corrected chi connectivity index (χ0v) is 21.3. The molecule has 1 aliphatic rings. The Morgan fingerprint density at radius 1 is 0.692 bits per heavy atom. The van der Waals surface area contributed by atoms with Gasteiger partial charge in [0, 0.05) is 13.1 Å². The van der Waals surface area contributed by atoms with Gasteiger partial charge in [-0.1, -0.05) is 72.8 Å². The fourth-order valence-electron chi connectivity index (χ4n) is 4.53. The molecule has 3 amide bonds. The molecule has 1 heterocycles. The van der Waals surface area contributed by atoms with E-state index in [1.165, 1.54) is 24.3 Å². The molecule has 1 atom stereocenters. The minimum atomic E-state index is -1.03. The van der Waals surface area contributed by atoms with Crippen molar-refractivity contribution in [3.05, 3.63) is 137 Å². The zero-order valence-electron chi connectivity index (χ0n) is 21.3. The highest BCUT2D eigenvalue weighted by atomic mass is 16.5. The minimum Gasteiger partial charge on any atom is -0.449 e. The van der Waals surface area contributed by atoms with Crippen molar-refractivity contribution in [2.75, 3.05) is 4.90 Å². The van der Waals surface area contributed by atoms with E-state index in [1.807, 2.05) is 60.7 Å². The fraction of sp³-hybridized carbons (Fsp3) is 0.125. The van der Waals surface area contributed by atoms with Crippen LogP contribution in [0, 0.1) is 0 Å². The van der Waals surface area contributed by atoms with Crippen LogP contribution in [0.3, 0.4) is 0 Å². The summed E-state index contributed by atoms with van der Waals surface area (Å²) >= 11 is 0. The van der Waals surface area contributed by atoms with E-state index in [9.17, 15) is 19.2 Å². The second-order valence-electron chi connectivity index (χ2n) is 9.25. The van der Waals surface area contributed by atoms with Gasteiger partial charge in [0.1, 0.15) is 0 Å². The minimum absolute atomic E-state index is 0.202. The molecule has 39 heavy (non-hydrogen) atoms. The Labute approximate surface area is 226 Å². The number of hydrogen-bond donors (Lipinski definition) is 0. The lowest BCUT2D eigenvalue weighted by Gasteiger charge is -2.26. The predicted molar refractivity (Wildman–Crippen MR) is 146 cm³/mol. The number of rotatable bonds is 8. The van der Waals surface area contributed by atoms with Gasteiger partial charge in [-0.2, -0.15) is 0 Å². The highest BCUT2D eigenvalue weighted by molar-refractivity contribution is 6.34. The van der Waals surface area contributed by atoms with Crippen molar-refractivity contribution in [1.82, 2.24) is 4.90 Å². The number of carbonyl (C=O) groups is 4. The molecule has 7 heteroatoms.